The zero-order valence-electron chi connectivity index (χ0n) is 14.3. The molecule has 1 unspecified atom stereocenters. The van der Waals surface area contributed by atoms with Crippen molar-refractivity contribution >= 4 is 14.5 Å². The Morgan fingerprint density at radius 3 is 1.88 bits per heavy atom. The van der Waals surface area contributed by atoms with Crippen LogP contribution < -0.4 is 5.30 Å². The third kappa shape index (κ3) is 3.97. The van der Waals surface area contributed by atoms with Crippen LogP contribution in [0.15, 0.2) is 60.7 Å². The van der Waals surface area contributed by atoms with Crippen LogP contribution in [0.1, 0.15) is 27.8 Å². The first-order valence-corrected chi connectivity index (χ1v) is 8.64. The van der Waals surface area contributed by atoms with Crippen molar-refractivity contribution in [3.8, 4) is 29.0 Å². The summed E-state index contributed by atoms with van der Waals surface area (Å²) >= 11 is 0. The standard InChI is InChI=1S/C23H18NP/c1-16-3-9-20(10-4-16)21-11-7-18(8-12-21)5-6-19-13-17(2)22(15-24)23(25)14-19/h3-4,7-14H,25H2,1-2H3. The number of nitrogens with zero attached hydrogens (tertiary/aromatic N) is 1. The lowest BCUT2D eigenvalue weighted by molar-refractivity contribution is 1.40. The van der Waals surface area contributed by atoms with Gasteiger partial charge >= 0.3 is 0 Å². The summed E-state index contributed by atoms with van der Waals surface area (Å²) in [5, 5.41) is 10.0. The highest BCUT2D eigenvalue weighted by Crippen LogP contribution is 2.20. The van der Waals surface area contributed by atoms with E-state index in [1.54, 1.807) is 0 Å². The minimum atomic E-state index is 0.706. The summed E-state index contributed by atoms with van der Waals surface area (Å²) in [6, 6.07) is 22.9. The quantitative estimate of drug-likeness (QED) is 0.464. The van der Waals surface area contributed by atoms with Crippen molar-refractivity contribution in [3.05, 3.63) is 88.5 Å². The molecule has 0 fully saturated rings. The molecule has 0 amide bonds. The van der Waals surface area contributed by atoms with Crippen molar-refractivity contribution in [1.29, 1.82) is 5.26 Å². The summed E-state index contributed by atoms with van der Waals surface area (Å²) in [5.74, 6) is 6.39. The van der Waals surface area contributed by atoms with Gasteiger partial charge in [-0.15, -0.1) is 9.24 Å². The molecule has 120 valence electrons. The molecule has 3 aromatic rings. The summed E-state index contributed by atoms with van der Waals surface area (Å²) in [7, 11) is 2.61. The number of nitriles is 1. The Balaban J connectivity index is 1.84. The van der Waals surface area contributed by atoms with E-state index in [-0.39, 0.29) is 0 Å². The fraction of sp³-hybridized carbons (Fsp3) is 0.0870. The van der Waals surface area contributed by atoms with E-state index in [0.717, 1.165) is 22.0 Å². The summed E-state index contributed by atoms with van der Waals surface area (Å²) in [6.45, 7) is 4.03. The van der Waals surface area contributed by atoms with Gasteiger partial charge in [0.1, 0.15) is 6.07 Å². The Morgan fingerprint density at radius 2 is 1.32 bits per heavy atom. The molecule has 1 nitrogen and oxygen atoms in total. The Hall–Kier alpha value is -2.86. The molecule has 0 spiro atoms. The van der Waals surface area contributed by atoms with Crippen molar-refractivity contribution in [2.75, 3.05) is 0 Å². The molecular formula is C23H18NP. The second kappa shape index (κ2) is 7.36. The van der Waals surface area contributed by atoms with Gasteiger partial charge in [-0.2, -0.15) is 5.26 Å². The van der Waals surface area contributed by atoms with Crippen LogP contribution in [0.5, 0.6) is 0 Å². The molecular weight excluding hydrogens is 321 g/mol. The topological polar surface area (TPSA) is 23.8 Å². The molecule has 0 radical (unpaired) electrons. The monoisotopic (exact) mass is 339 g/mol. The number of aryl methyl sites for hydroxylation is 2. The highest BCUT2D eigenvalue weighted by Gasteiger charge is 2.03. The molecule has 0 aliphatic heterocycles. The zero-order chi connectivity index (χ0) is 17.8. The molecule has 3 aromatic carbocycles. The predicted octanol–water partition coefficient (Wildman–Crippen LogP) is 4.74. The van der Waals surface area contributed by atoms with Crippen molar-refractivity contribution < 1.29 is 0 Å². The Kier molecular flexibility index (Phi) is 5.00. The van der Waals surface area contributed by atoms with Crippen LogP contribution in [-0.2, 0) is 0 Å². The lowest BCUT2D eigenvalue weighted by Crippen LogP contribution is -2.01. The smallest absolute Gasteiger partial charge is 0.100 e. The van der Waals surface area contributed by atoms with Gasteiger partial charge in [-0.3, -0.25) is 0 Å². The average Bonchev–Trinajstić information content (AvgIpc) is 2.61. The first-order chi connectivity index (χ1) is 12.1. The normalized spacial score (nSPS) is 9.84. The second-order valence-corrected chi connectivity index (χ2v) is 6.68. The molecule has 3 rings (SSSR count). The molecule has 25 heavy (non-hydrogen) atoms. The third-order valence-corrected chi connectivity index (χ3v) is 4.55. The Labute approximate surface area is 151 Å². The largest absolute Gasteiger partial charge is 0.192 e. The van der Waals surface area contributed by atoms with Gasteiger partial charge in [0.2, 0.25) is 0 Å². The number of benzene rings is 3. The molecule has 1 atom stereocenters. The number of hydrogen-bond donors (Lipinski definition) is 0. The van der Waals surface area contributed by atoms with Gasteiger partial charge in [0.25, 0.3) is 0 Å². The van der Waals surface area contributed by atoms with Gasteiger partial charge in [0.15, 0.2) is 0 Å². The maximum Gasteiger partial charge on any atom is 0.100 e. The zero-order valence-corrected chi connectivity index (χ0v) is 15.5. The fourth-order valence-electron chi connectivity index (χ4n) is 2.68. The van der Waals surface area contributed by atoms with Gasteiger partial charge < -0.3 is 0 Å². The van der Waals surface area contributed by atoms with E-state index < -0.39 is 0 Å². The molecule has 0 aliphatic rings. The summed E-state index contributed by atoms with van der Waals surface area (Å²) in [4.78, 5) is 0. The first kappa shape index (κ1) is 17.0. The van der Waals surface area contributed by atoms with Gasteiger partial charge in [0, 0.05) is 11.1 Å². The number of hydrogen-bond acceptors (Lipinski definition) is 1. The van der Waals surface area contributed by atoms with Gasteiger partial charge in [0.05, 0.1) is 5.56 Å². The van der Waals surface area contributed by atoms with Crippen molar-refractivity contribution in [2.24, 2.45) is 0 Å². The van der Waals surface area contributed by atoms with Gasteiger partial charge in [-0.1, -0.05) is 53.8 Å². The van der Waals surface area contributed by atoms with E-state index in [9.17, 15) is 0 Å². The highest BCUT2D eigenvalue weighted by atomic mass is 31.0. The van der Waals surface area contributed by atoms with Crippen LogP contribution in [0.4, 0.5) is 0 Å². The third-order valence-electron chi connectivity index (χ3n) is 4.10. The molecule has 0 heterocycles. The highest BCUT2D eigenvalue weighted by molar-refractivity contribution is 7.27. The predicted molar refractivity (Wildman–Crippen MR) is 108 cm³/mol. The van der Waals surface area contributed by atoms with E-state index >= 15 is 0 Å². The van der Waals surface area contributed by atoms with Crippen LogP contribution in [-0.4, -0.2) is 0 Å². The first-order valence-electron chi connectivity index (χ1n) is 8.06. The Morgan fingerprint density at radius 1 is 0.760 bits per heavy atom. The summed E-state index contributed by atoms with van der Waals surface area (Å²) in [6.07, 6.45) is 0. The molecule has 0 aliphatic carbocycles. The van der Waals surface area contributed by atoms with Crippen LogP contribution >= 0.6 is 9.24 Å². The molecule has 2 heteroatoms. The molecule has 0 N–H and O–H groups in total. The maximum absolute atomic E-state index is 9.13. The van der Waals surface area contributed by atoms with Gasteiger partial charge in [-0.25, -0.2) is 0 Å². The number of rotatable bonds is 1. The molecule has 0 bridgehead atoms. The van der Waals surface area contributed by atoms with E-state index in [0.29, 0.717) is 5.56 Å². The fourth-order valence-corrected chi connectivity index (χ4v) is 3.15. The van der Waals surface area contributed by atoms with Crippen LogP contribution in [0.3, 0.4) is 0 Å². The van der Waals surface area contributed by atoms with Gasteiger partial charge in [-0.05, 0) is 60.1 Å². The van der Waals surface area contributed by atoms with Crippen LogP contribution in [0.2, 0.25) is 0 Å². The van der Waals surface area contributed by atoms with E-state index in [1.165, 1.54) is 16.7 Å². The maximum atomic E-state index is 9.13. The van der Waals surface area contributed by atoms with Crippen molar-refractivity contribution in [2.45, 2.75) is 13.8 Å². The van der Waals surface area contributed by atoms with Crippen LogP contribution in [0, 0.1) is 37.0 Å². The second-order valence-electron chi connectivity index (χ2n) is 6.06. The SMILES string of the molecule is Cc1ccc(-c2ccc(C#Cc3cc(C)c(C#N)c(P)c3)cc2)cc1. The minimum Gasteiger partial charge on any atom is -0.192 e. The van der Waals surface area contributed by atoms with E-state index in [2.05, 4.69) is 70.5 Å². The summed E-state index contributed by atoms with van der Waals surface area (Å²) < 4.78 is 0. The van der Waals surface area contributed by atoms with Crippen molar-refractivity contribution in [3.63, 3.8) is 0 Å². The minimum absolute atomic E-state index is 0.706. The molecule has 0 aromatic heterocycles. The van der Waals surface area contributed by atoms with E-state index in [4.69, 9.17) is 5.26 Å². The average molecular weight is 339 g/mol. The summed E-state index contributed by atoms with van der Waals surface area (Å²) in [5.41, 5.74) is 7.21. The molecule has 0 saturated heterocycles. The van der Waals surface area contributed by atoms with Crippen molar-refractivity contribution in [1.82, 2.24) is 0 Å². The van der Waals surface area contributed by atoms with Crippen LogP contribution in [0.25, 0.3) is 11.1 Å². The molecule has 0 saturated carbocycles. The lowest BCUT2D eigenvalue weighted by Gasteiger charge is -2.03. The Bertz CT molecular complexity index is 988. The van der Waals surface area contributed by atoms with E-state index in [1.807, 2.05) is 31.2 Å². The lowest BCUT2D eigenvalue weighted by atomic mass is 10.0.